The van der Waals surface area contributed by atoms with Crippen molar-refractivity contribution in [2.45, 2.75) is 26.3 Å². The summed E-state index contributed by atoms with van der Waals surface area (Å²) in [5, 5.41) is 8.64. The van der Waals surface area contributed by atoms with Crippen LogP contribution in [0.15, 0.2) is 0 Å². The molecule has 1 unspecified atom stereocenters. The molecule has 1 atom stereocenters. The van der Waals surface area contributed by atoms with Crippen molar-refractivity contribution in [3.63, 3.8) is 0 Å². The van der Waals surface area contributed by atoms with Crippen LogP contribution < -0.4 is 5.73 Å². The molecule has 4 heteroatoms. The highest BCUT2D eigenvalue weighted by atomic mass is 16.3. The molecule has 0 aromatic carbocycles. The summed E-state index contributed by atoms with van der Waals surface area (Å²) in [6.07, 6.45) is 0.640. The van der Waals surface area contributed by atoms with E-state index in [0.717, 1.165) is 0 Å². The Morgan fingerprint density at radius 2 is 2.17 bits per heavy atom. The van der Waals surface area contributed by atoms with E-state index < -0.39 is 6.04 Å². The van der Waals surface area contributed by atoms with E-state index in [1.807, 2.05) is 13.8 Å². The maximum Gasteiger partial charge on any atom is 0.239 e. The normalized spacial score (nSPS) is 12.7. The smallest absolute Gasteiger partial charge is 0.239 e. The van der Waals surface area contributed by atoms with Crippen LogP contribution in [0.2, 0.25) is 0 Å². The average molecular weight is 174 g/mol. The molecule has 0 radical (unpaired) electrons. The topological polar surface area (TPSA) is 66.6 Å². The van der Waals surface area contributed by atoms with Crippen LogP contribution in [0.5, 0.6) is 0 Å². The van der Waals surface area contributed by atoms with Gasteiger partial charge in [0.2, 0.25) is 5.91 Å². The maximum atomic E-state index is 11.4. The maximum absolute atomic E-state index is 11.4. The quantitative estimate of drug-likeness (QED) is 0.594. The van der Waals surface area contributed by atoms with E-state index in [2.05, 4.69) is 0 Å². The molecule has 0 aromatic heterocycles. The molecule has 0 fully saturated rings. The standard InChI is InChI=1S/C8H18N2O2/c1-3-7(9)8(12)10(4-2)5-6-11/h7,11H,3-6,9H2,1-2H3. The molecule has 0 aliphatic heterocycles. The molecule has 0 saturated heterocycles. The molecule has 4 nitrogen and oxygen atoms in total. The third-order valence-corrected chi connectivity index (χ3v) is 1.82. The number of carbonyl (C=O) groups is 1. The first kappa shape index (κ1) is 11.4. The summed E-state index contributed by atoms with van der Waals surface area (Å²) in [7, 11) is 0. The molecule has 0 heterocycles. The van der Waals surface area contributed by atoms with Crippen molar-refractivity contribution in [1.29, 1.82) is 0 Å². The zero-order valence-electron chi connectivity index (χ0n) is 7.79. The zero-order chi connectivity index (χ0) is 9.56. The fourth-order valence-corrected chi connectivity index (χ4v) is 0.954. The number of hydrogen-bond acceptors (Lipinski definition) is 3. The van der Waals surface area contributed by atoms with Crippen LogP contribution in [-0.2, 0) is 4.79 Å². The van der Waals surface area contributed by atoms with Gasteiger partial charge < -0.3 is 15.7 Å². The van der Waals surface area contributed by atoms with Gasteiger partial charge in [-0.3, -0.25) is 4.79 Å². The Hall–Kier alpha value is -0.610. The molecule has 0 aromatic rings. The Morgan fingerprint density at radius 3 is 2.50 bits per heavy atom. The average Bonchev–Trinajstić information content (AvgIpc) is 2.11. The second kappa shape index (κ2) is 5.97. The second-order valence-electron chi connectivity index (χ2n) is 2.66. The lowest BCUT2D eigenvalue weighted by atomic mass is 10.2. The van der Waals surface area contributed by atoms with Crippen LogP contribution in [0.3, 0.4) is 0 Å². The number of likely N-dealkylation sites (N-methyl/N-ethyl adjacent to an activating group) is 1. The van der Waals surface area contributed by atoms with Crippen LogP contribution in [0.1, 0.15) is 20.3 Å². The molecule has 0 aliphatic carbocycles. The first-order chi connectivity index (χ1) is 5.67. The van der Waals surface area contributed by atoms with Crippen molar-refractivity contribution >= 4 is 5.91 Å². The zero-order valence-corrected chi connectivity index (χ0v) is 7.79. The highest BCUT2D eigenvalue weighted by Crippen LogP contribution is 1.95. The molecule has 1 amide bonds. The molecule has 0 saturated carbocycles. The third-order valence-electron chi connectivity index (χ3n) is 1.82. The molecular formula is C8H18N2O2. The molecule has 0 bridgehead atoms. The highest BCUT2D eigenvalue weighted by molar-refractivity contribution is 5.81. The van der Waals surface area contributed by atoms with Crippen molar-refractivity contribution < 1.29 is 9.90 Å². The Kier molecular flexibility index (Phi) is 5.66. The fraction of sp³-hybridized carbons (Fsp3) is 0.875. The minimum atomic E-state index is -0.420. The minimum Gasteiger partial charge on any atom is -0.395 e. The van der Waals surface area contributed by atoms with E-state index in [0.29, 0.717) is 19.5 Å². The molecule has 0 aliphatic rings. The fourth-order valence-electron chi connectivity index (χ4n) is 0.954. The Bertz CT molecular complexity index is 139. The number of aliphatic hydroxyl groups is 1. The van der Waals surface area contributed by atoms with Crippen LogP contribution >= 0.6 is 0 Å². The van der Waals surface area contributed by atoms with E-state index in [4.69, 9.17) is 10.8 Å². The lowest BCUT2D eigenvalue weighted by Gasteiger charge is -2.22. The number of amides is 1. The molecule has 72 valence electrons. The number of nitrogens with two attached hydrogens (primary N) is 1. The van der Waals surface area contributed by atoms with E-state index in [1.54, 1.807) is 4.90 Å². The molecule has 0 spiro atoms. The summed E-state index contributed by atoms with van der Waals surface area (Å²) in [6, 6.07) is -0.420. The van der Waals surface area contributed by atoms with E-state index in [9.17, 15) is 4.79 Å². The highest BCUT2D eigenvalue weighted by Gasteiger charge is 2.16. The lowest BCUT2D eigenvalue weighted by molar-refractivity contribution is -0.132. The van der Waals surface area contributed by atoms with Crippen LogP contribution in [0.4, 0.5) is 0 Å². The first-order valence-corrected chi connectivity index (χ1v) is 4.32. The van der Waals surface area contributed by atoms with Crippen LogP contribution in [-0.4, -0.2) is 41.7 Å². The summed E-state index contributed by atoms with van der Waals surface area (Å²) < 4.78 is 0. The molecule has 3 N–H and O–H groups in total. The summed E-state index contributed by atoms with van der Waals surface area (Å²) >= 11 is 0. The van der Waals surface area contributed by atoms with Gasteiger partial charge >= 0.3 is 0 Å². The second-order valence-corrected chi connectivity index (χ2v) is 2.66. The molecular weight excluding hydrogens is 156 g/mol. The van der Waals surface area contributed by atoms with Gasteiger partial charge in [0.05, 0.1) is 12.6 Å². The summed E-state index contributed by atoms with van der Waals surface area (Å²) in [6.45, 7) is 4.72. The van der Waals surface area contributed by atoms with Crippen LogP contribution in [0, 0.1) is 0 Å². The predicted molar refractivity (Wildman–Crippen MR) is 47.6 cm³/mol. The monoisotopic (exact) mass is 174 g/mol. The number of hydrogen-bond donors (Lipinski definition) is 2. The van der Waals surface area contributed by atoms with Crippen molar-refractivity contribution in [2.24, 2.45) is 5.73 Å². The van der Waals surface area contributed by atoms with Gasteiger partial charge in [0, 0.05) is 13.1 Å². The summed E-state index contributed by atoms with van der Waals surface area (Å²) in [5.41, 5.74) is 5.55. The van der Waals surface area contributed by atoms with Crippen molar-refractivity contribution in [1.82, 2.24) is 4.90 Å². The van der Waals surface area contributed by atoms with Gasteiger partial charge in [0.1, 0.15) is 0 Å². The van der Waals surface area contributed by atoms with Gasteiger partial charge in [-0.05, 0) is 13.3 Å². The lowest BCUT2D eigenvalue weighted by Crippen LogP contribution is -2.44. The van der Waals surface area contributed by atoms with Crippen molar-refractivity contribution in [3.8, 4) is 0 Å². The number of aliphatic hydroxyl groups excluding tert-OH is 1. The van der Waals surface area contributed by atoms with Gasteiger partial charge in [-0.15, -0.1) is 0 Å². The van der Waals surface area contributed by atoms with Gasteiger partial charge in [0.15, 0.2) is 0 Å². The summed E-state index contributed by atoms with van der Waals surface area (Å²) in [5.74, 6) is -0.0750. The SMILES string of the molecule is CCC(N)C(=O)N(CC)CCO. The van der Waals surface area contributed by atoms with Gasteiger partial charge in [0.25, 0.3) is 0 Å². The Labute approximate surface area is 73.3 Å². The minimum absolute atomic E-state index is 0.00395. The number of nitrogens with zero attached hydrogens (tertiary/aromatic N) is 1. The van der Waals surface area contributed by atoms with Gasteiger partial charge in [-0.25, -0.2) is 0 Å². The van der Waals surface area contributed by atoms with Crippen molar-refractivity contribution in [3.05, 3.63) is 0 Å². The first-order valence-electron chi connectivity index (χ1n) is 4.32. The third kappa shape index (κ3) is 3.19. The van der Waals surface area contributed by atoms with Gasteiger partial charge in [-0.2, -0.15) is 0 Å². The molecule has 12 heavy (non-hydrogen) atoms. The van der Waals surface area contributed by atoms with E-state index in [1.165, 1.54) is 0 Å². The summed E-state index contributed by atoms with van der Waals surface area (Å²) in [4.78, 5) is 12.9. The number of rotatable bonds is 5. The predicted octanol–water partition coefficient (Wildman–Crippen LogP) is -0.435. The van der Waals surface area contributed by atoms with Crippen molar-refractivity contribution in [2.75, 3.05) is 19.7 Å². The molecule has 0 rings (SSSR count). The van der Waals surface area contributed by atoms with Crippen LogP contribution in [0.25, 0.3) is 0 Å². The van der Waals surface area contributed by atoms with Gasteiger partial charge in [-0.1, -0.05) is 6.92 Å². The largest absolute Gasteiger partial charge is 0.395 e. The van der Waals surface area contributed by atoms with E-state index in [-0.39, 0.29) is 12.5 Å². The Balaban J connectivity index is 4.01. The Morgan fingerprint density at radius 1 is 1.58 bits per heavy atom. The number of carbonyl (C=O) groups excluding carboxylic acids is 1. The van der Waals surface area contributed by atoms with E-state index >= 15 is 0 Å².